The molecule has 0 saturated carbocycles. The molecule has 0 heterocycles. The first-order valence-electron chi connectivity index (χ1n) is 8.04. The average molecular weight is 324 g/mol. The third-order valence-corrected chi connectivity index (χ3v) is 3.68. The number of unbranched alkanes of at least 4 members (excludes halogenated alkanes) is 4. The van der Waals surface area contributed by atoms with Gasteiger partial charge in [-0.2, -0.15) is 4.21 Å². The Hall–Kier alpha value is -0.0100. The predicted octanol–water partition coefficient (Wildman–Crippen LogP) is 3.75. The fourth-order valence-corrected chi connectivity index (χ4v) is 2.26. The Morgan fingerprint density at radius 2 is 1.38 bits per heavy atom. The molecule has 21 heavy (non-hydrogen) atoms. The van der Waals surface area contributed by atoms with Crippen molar-refractivity contribution in [1.82, 2.24) is 0 Å². The first-order chi connectivity index (χ1) is 10.1. The van der Waals surface area contributed by atoms with Gasteiger partial charge in [-0.1, -0.05) is 39.5 Å². The Bertz CT molecular complexity index is 248. The van der Waals surface area contributed by atoms with Crippen molar-refractivity contribution in [3.8, 4) is 0 Å². The lowest BCUT2D eigenvalue weighted by Gasteiger charge is -2.29. The standard InChI is InChI=1S/C15H32O5S/c1-5-8-10-12-17-15(4,18-13-11-9-6-2)14-20-21(16)19-7-3/h5-14H2,1-4H3. The van der Waals surface area contributed by atoms with Gasteiger partial charge >= 0.3 is 11.4 Å². The van der Waals surface area contributed by atoms with Crippen molar-refractivity contribution in [3.63, 3.8) is 0 Å². The maximum Gasteiger partial charge on any atom is 0.304 e. The topological polar surface area (TPSA) is 54.0 Å². The van der Waals surface area contributed by atoms with Gasteiger partial charge in [0.25, 0.3) is 0 Å². The molecule has 5 nitrogen and oxygen atoms in total. The van der Waals surface area contributed by atoms with Crippen molar-refractivity contribution in [2.45, 2.75) is 72.0 Å². The van der Waals surface area contributed by atoms with Crippen LogP contribution in [0.15, 0.2) is 0 Å². The summed E-state index contributed by atoms with van der Waals surface area (Å²) in [6, 6.07) is 0. The Balaban J connectivity index is 4.19. The molecule has 6 heteroatoms. The zero-order chi connectivity index (χ0) is 16.0. The van der Waals surface area contributed by atoms with Crippen LogP contribution in [-0.4, -0.2) is 36.4 Å². The van der Waals surface area contributed by atoms with E-state index in [4.69, 9.17) is 17.8 Å². The van der Waals surface area contributed by atoms with Crippen molar-refractivity contribution in [3.05, 3.63) is 0 Å². The van der Waals surface area contributed by atoms with Crippen LogP contribution >= 0.6 is 0 Å². The van der Waals surface area contributed by atoms with Gasteiger partial charge in [0.05, 0.1) is 19.8 Å². The highest BCUT2D eigenvalue weighted by Gasteiger charge is 2.27. The highest BCUT2D eigenvalue weighted by atomic mass is 32.2. The van der Waals surface area contributed by atoms with Crippen molar-refractivity contribution in [2.24, 2.45) is 0 Å². The lowest BCUT2D eigenvalue weighted by Crippen LogP contribution is -2.39. The van der Waals surface area contributed by atoms with E-state index in [1.807, 2.05) is 6.92 Å². The first-order valence-corrected chi connectivity index (χ1v) is 9.04. The molecule has 0 aromatic carbocycles. The minimum Gasteiger partial charge on any atom is -0.348 e. The summed E-state index contributed by atoms with van der Waals surface area (Å²) in [5.41, 5.74) is 0. The SMILES string of the molecule is CCCCCOC(C)(COS(=O)OCC)OCCCCC. The van der Waals surface area contributed by atoms with Crippen molar-refractivity contribution in [1.29, 1.82) is 0 Å². The zero-order valence-corrected chi connectivity index (χ0v) is 14.8. The Labute approximate surface area is 132 Å². The second-order valence-corrected chi connectivity index (χ2v) is 6.00. The molecule has 1 atom stereocenters. The van der Waals surface area contributed by atoms with Crippen LogP contribution in [0.1, 0.15) is 66.2 Å². The van der Waals surface area contributed by atoms with Gasteiger partial charge in [-0.3, -0.25) is 8.37 Å². The summed E-state index contributed by atoms with van der Waals surface area (Å²) in [4.78, 5) is 0. The normalized spacial score (nSPS) is 13.5. The first kappa shape index (κ1) is 21.0. The van der Waals surface area contributed by atoms with Gasteiger partial charge in [0.1, 0.15) is 6.61 Å². The van der Waals surface area contributed by atoms with Crippen LogP contribution in [0, 0.1) is 0 Å². The summed E-state index contributed by atoms with van der Waals surface area (Å²) < 4.78 is 33.0. The second-order valence-electron chi connectivity index (χ2n) is 5.12. The fourth-order valence-electron chi connectivity index (χ4n) is 1.69. The van der Waals surface area contributed by atoms with E-state index >= 15 is 0 Å². The molecule has 0 aliphatic rings. The largest absolute Gasteiger partial charge is 0.348 e. The summed E-state index contributed by atoms with van der Waals surface area (Å²) in [6.07, 6.45) is 6.50. The predicted molar refractivity (Wildman–Crippen MR) is 85.1 cm³/mol. The second kappa shape index (κ2) is 13.6. The van der Waals surface area contributed by atoms with Gasteiger partial charge in [-0.25, -0.2) is 0 Å². The quantitative estimate of drug-likeness (QED) is 0.339. The van der Waals surface area contributed by atoms with Gasteiger partial charge in [0, 0.05) is 0 Å². The van der Waals surface area contributed by atoms with Gasteiger partial charge in [0.2, 0.25) is 0 Å². The van der Waals surface area contributed by atoms with Gasteiger partial charge in [-0.15, -0.1) is 0 Å². The summed E-state index contributed by atoms with van der Waals surface area (Å²) in [6.45, 7) is 9.56. The van der Waals surface area contributed by atoms with E-state index in [1.54, 1.807) is 6.92 Å². The number of rotatable bonds is 15. The van der Waals surface area contributed by atoms with Crippen LogP contribution in [0.3, 0.4) is 0 Å². The Morgan fingerprint density at radius 1 is 0.857 bits per heavy atom. The van der Waals surface area contributed by atoms with E-state index in [2.05, 4.69) is 13.8 Å². The van der Waals surface area contributed by atoms with Crippen LogP contribution in [0.2, 0.25) is 0 Å². The van der Waals surface area contributed by atoms with E-state index in [0.717, 1.165) is 38.5 Å². The molecule has 0 bridgehead atoms. The maximum absolute atomic E-state index is 11.4. The van der Waals surface area contributed by atoms with Gasteiger partial charge in [-0.05, 0) is 26.7 Å². The Morgan fingerprint density at radius 3 is 1.81 bits per heavy atom. The van der Waals surface area contributed by atoms with Gasteiger partial charge in [0.15, 0.2) is 5.79 Å². The molecule has 0 aromatic heterocycles. The molecule has 0 rings (SSSR count). The van der Waals surface area contributed by atoms with Crippen LogP contribution in [0.25, 0.3) is 0 Å². The van der Waals surface area contributed by atoms with E-state index in [1.165, 1.54) is 0 Å². The summed E-state index contributed by atoms with van der Waals surface area (Å²) >= 11 is -1.74. The fraction of sp³-hybridized carbons (Fsp3) is 1.00. The molecule has 0 aromatic rings. The zero-order valence-electron chi connectivity index (χ0n) is 14.0. The summed E-state index contributed by atoms with van der Waals surface area (Å²) in [5.74, 6) is -0.867. The third-order valence-electron chi connectivity index (χ3n) is 2.94. The molecule has 0 N–H and O–H groups in total. The molecule has 0 fully saturated rings. The van der Waals surface area contributed by atoms with Crippen LogP contribution in [0.4, 0.5) is 0 Å². The Kier molecular flexibility index (Phi) is 13.6. The highest BCUT2D eigenvalue weighted by molar-refractivity contribution is 7.75. The molecule has 0 aliphatic heterocycles. The molecule has 0 spiro atoms. The lowest BCUT2D eigenvalue weighted by atomic mass is 10.2. The van der Waals surface area contributed by atoms with E-state index in [0.29, 0.717) is 19.8 Å². The number of hydrogen-bond donors (Lipinski definition) is 0. The molecular formula is C15H32O5S. The smallest absolute Gasteiger partial charge is 0.304 e. The van der Waals surface area contributed by atoms with E-state index < -0.39 is 17.1 Å². The van der Waals surface area contributed by atoms with Crippen molar-refractivity contribution >= 4 is 11.4 Å². The van der Waals surface area contributed by atoms with E-state index in [-0.39, 0.29) is 6.61 Å². The molecular weight excluding hydrogens is 292 g/mol. The average Bonchev–Trinajstić information content (AvgIpc) is 2.47. The molecule has 128 valence electrons. The van der Waals surface area contributed by atoms with Crippen LogP contribution < -0.4 is 0 Å². The summed E-state index contributed by atoms with van der Waals surface area (Å²) in [5, 5.41) is 0. The molecule has 0 radical (unpaired) electrons. The van der Waals surface area contributed by atoms with Crippen molar-refractivity contribution < 1.29 is 22.0 Å². The minimum absolute atomic E-state index is 0.0951. The third kappa shape index (κ3) is 12.2. The molecule has 0 saturated heterocycles. The van der Waals surface area contributed by atoms with Gasteiger partial charge < -0.3 is 9.47 Å². The molecule has 0 amide bonds. The monoisotopic (exact) mass is 324 g/mol. The maximum atomic E-state index is 11.4. The van der Waals surface area contributed by atoms with Crippen molar-refractivity contribution in [2.75, 3.05) is 26.4 Å². The lowest BCUT2D eigenvalue weighted by molar-refractivity contribution is -0.240. The van der Waals surface area contributed by atoms with Crippen LogP contribution in [-0.2, 0) is 29.2 Å². The molecule has 0 aliphatic carbocycles. The summed E-state index contributed by atoms with van der Waals surface area (Å²) in [7, 11) is 0. The highest BCUT2D eigenvalue weighted by Crippen LogP contribution is 2.16. The minimum atomic E-state index is -1.74. The number of hydrogen-bond acceptors (Lipinski definition) is 5. The molecule has 1 unspecified atom stereocenters. The van der Waals surface area contributed by atoms with Crippen LogP contribution in [0.5, 0.6) is 0 Å². The van der Waals surface area contributed by atoms with E-state index in [9.17, 15) is 4.21 Å². The number of ether oxygens (including phenoxy) is 2.